The minimum absolute atomic E-state index is 0.0267. The van der Waals surface area contributed by atoms with Crippen LogP contribution in [0.25, 0.3) is 11.1 Å². The molecule has 6 rings (SSSR count). The fraction of sp³-hybridized carbons (Fsp3) is 0.438. The van der Waals surface area contributed by atoms with Gasteiger partial charge >= 0.3 is 18.2 Å². The van der Waals surface area contributed by atoms with Crippen molar-refractivity contribution < 1.29 is 46.1 Å². The van der Waals surface area contributed by atoms with Crippen LogP contribution in [0.2, 0.25) is 0 Å². The van der Waals surface area contributed by atoms with Crippen molar-refractivity contribution in [3.05, 3.63) is 70.0 Å². The van der Waals surface area contributed by atoms with Crippen LogP contribution in [0.5, 0.6) is 5.75 Å². The molecule has 2 fully saturated rings. The monoisotopic (exact) mass is 646 g/mol. The number of fused-ring (bicyclic) bond motifs is 1. The molecular formula is C32H31F5N4O5. The summed E-state index contributed by atoms with van der Waals surface area (Å²) in [7, 11) is 1.48. The topological polar surface area (TPSA) is 105 Å². The van der Waals surface area contributed by atoms with Crippen LogP contribution in [0.4, 0.5) is 32.7 Å². The summed E-state index contributed by atoms with van der Waals surface area (Å²) in [5.74, 6) is -3.57. The molecule has 0 saturated carbocycles. The molecule has 9 nitrogen and oxygen atoms in total. The Kier molecular flexibility index (Phi) is 7.80. The molecule has 0 spiro atoms. The number of hydrogen-bond donors (Lipinski definition) is 1. The summed E-state index contributed by atoms with van der Waals surface area (Å²) in [6.07, 6.45) is -3.67. The van der Waals surface area contributed by atoms with Crippen LogP contribution in [0.1, 0.15) is 65.3 Å². The van der Waals surface area contributed by atoms with Crippen molar-refractivity contribution in [1.29, 1.82) is 0 Å². The molecule has 46 heavy (non-hydrogen) atoms. The SMILES string of the molecule is COc1cc2c(cc1-c1cnc(N3CC(F)(F)C3)nc1CN1C(=O)O[C@H](c3cc(C)cc(C(F)(F)F)c3)[C@@H]1C)[C@H](CC(=O)O)CC2. The van der Waals surface area contributed by atoms with Gasteiger partial charge < -0.3 is 19.5 Å². The van der Waals surface area contributed by atoms with E-state index in [9.17, 15) is 36.6 Å². The minimum atomic E-state index is -4.59. The first kappa shape index (κ1) is 31.5. The van der Waals surface area contributed by atoms with Crippen LogP contribution in [0.15, 0.2) is 36.5 Å². The number of anilines is 1. The number of amides is 1. The molecule has 1 N–H and O–H groups in total. The maximum Gasteiger partial charge on any atom is 0.416 e. The number of methoxy groups -OCH3 is 1. The van der Waals surface area contributed by atoms with Crippen molar-refractivity contribution in [1.82, 2.24) is 14.9 Å². The molecule has 3 heterocycles. The Hall–Kier alpha value is -4.49. The van der Waals surface area contributed by atoms with Gasteiger partial charge in [0.1, 0.15) is 11.9 Å². The number of alkyl halides is 5. The van der Waals surface area contributed by atoms with E-state index in [-0.39, 0.29) is 36.1 Å². The summed E-state index contributed by atoms with van der Waals surface area (Å²) in [5.41, 5.74) is 2.69. The number of carbonyl (C=O) groups excluding carboxylic acids is 1. The normalized spacial score (nSPS) is 22.0. The van der Waals surface area contributed by atoms with Crippen molar-refractivity contribution in [3.8, 4) is 16.9 Å². The predicted molar refractivity (Wildman–Crippen MR) is 155 cm³/mol. The lowest BCUT2D eigenvalue weighted by molar-refractivity contribution is -0.138. The maximum atomic E-state index is 13.7. The third-order valence-electron chi connectivity index (χ3n) is 8.82. The molecule has 0 radical (unpaired) electrons. The van der Waals surface area contributed by atoms with Crippen LogP contribution in [-0.2, 0) is 28.7 Å². The number of aromatic nitrogens is 2. The number of benzene rings is 2. The van der Waals surface area contributed by atoms with Gasteiger partial charge in [-0.2, -0.15) is 13.2 Å². The molecule has 1 amide bonds. The van der Waals surface area contributed by atoms with E-state index in [1.54, 1.807) is 6.92 Å². The van der Waals surface area contributed by atoms with Gasteiger partial charge in [-0.3, -0.25) is 9.69 Å². The number of nitrogens with zero attached hydrogens (tertiary/aromatic N) is 4. The smallest absolute Gasteiger partial charge is 0.416 e. The Labute approximate surface area is 260 Å². The Balaban J connectivity index is 1.39. The standard InChI is InChI=1S/C32H31F5N4O5/c1-16-6-20(8-21(7-16)32(35,36)37)28-17(2)41(30(44)46-28)13-25-24(12-38-29(39-25)40-14-31(33,34)15-40)23-11-22-18(9-26(23)45-3)4-5-19(22)10-27(42)43/h6-9,11-12,17,19,28H,4-5,10,13-15H2,1-3H3,(H,42,43)/t17-,19-,28-/m0/s1. The predicted octanol–water partition coefficient (Wildman–Crippen LogP) is 6.52. The van der Waals surface area contributed by atoms with Crippen molar-refractivity contribution >= 4 is 18.0 Å². The third kappa shape index (κ3) is 5.92. The molecule has 2 saturated heterocycles. The van der Waals surface area contributed by atoms with Gasteiger partial charge in [-0.25, -0.2) is 23.5 Å². The first-order valence-electron chi connectivity index (χ1n) is 14.7. The second-order valence-electron chi connectivity index (χ2n) is 12.1. The average Bonchev–Trinajstić information content (AvgIpc) is 3.48. The van der Waals surface area contributed by atoms with Gasteiger partial charge in [0.25, 0.3) is 5.92 Å². The van der Waals surface area contributed by atoms with E-state index in [1.165, 1.54) is 36.1 Å². The number of hydrogen-bond acceptors (Lipinski definition) is 7. The van der Waals surface area contributed by atoms with E-state index < -0.39 is 55.0 Å². The van der Waals surface area contributed by atoms with E-state index in [0.29, 0.717) is 35.3 Å². The van der Waals surface area contributed by atoms with E-state index in [2.05, 4.69) is 9.97 Å². The number of carboxylic acids is 1. The second-order valence-corrected chi connectivity index (χ2v) is 12.1. The minimum Gasteiger partial charge on any atom is -0.496 e. The van der Waals surface area contributed by atoms with Gasteiger partial charge in [-0.15, -0.1) is 0 Å². The number of halogens is 5. The van der Waals surface area contributed by atoms with Crippen LogP contribution < -0.4 is 9.64 Å². The van der Waals surface area contributed by atoms with Gasteiger partial charge in [0, 0.05) is 17.3 Å². The third-order valence-corrected chi connectivity index (χ3v) is 8.82. The summed E-state index contributed by atoms with van der Waals surface area (Å²) in [5, 5.41) is 9.45. The second kappa shape index (κ2) is 11.4. The van der Waals surface area contributed by atoms with Crippen LogP contribution in [-0.4, -0.2) is 64.2 Å². The molecule has 14 heteroatoms. The molecular weight excluding hydrogens is 615 g/mol. The number of carbonyl (C=O) groups is 2. The van der Waals surface area contributed by atoms with Gasteiger partial charge in [0.2, 0.25) is 5.95 Å². The average molecular weight is 647 g/mol. The quantitative estimate of drug-likeness (QED) is 0.276. The van der Waals surface area contributed by atoms with E-state index in [1.807, 2.05) is 12.1 Å². The molecule has 1 aromatic heterocycles. The number of cyclic esters (lactones) is 1. The summed E-state index contributed by atoms with van der Waals surface area (Å²) in [6.45, 7) is 1.84. The highest BCUT2D eigenvalue weighted by atomic mass is 19.4. The zero-order chi connectivity index (χ0) is 33.1. The van der Waals surface area contributed by atoms with Gasteiger partial charge in [0.05, 0.1) is 50.5 Å². The largest absolute Gasteiger partial charge is 0.496 e. The van der Waals surface area contributed by atoms with E-state index in [4.69, 9.17) is 9.47 Å². The highest BCUT2D eigenvalue weighted by molar-refractivity contribution is 5.77. The zero-order valence-electron chi connectivity index (χ0n) is 25.2. The Morgan fingerprint density at radius 3 is 2.54 bits per heavy atom. The molecule has 3 aromatic rings. The highest BCUT2D eigenvalue weighted by Gasteiger charge is 2.46. The molecule has 0 unspecified atom stereocenters. The van der Waals surface area contributed by atoms with Crippen molar-refractivity contribution in [2.75, 3.05) is 25.1 Å². The Bertz CT molecular complexity index is 1710. The first-order valence-corrected chi connectivity index (χ1v) is 14.7. The van der Waals surface area contributed by atoms with Crippen LogP contribution in [0, 0.1) is 6.92 Å². The lowest BCUT2D eigenvalue weighted by Gasteiger charge is -2.38. The summed E-state index contributed by atoms with van der Waals surface area (Å²) >= 11 is 0. The number of carboxylic acid groups (broad SMARTS) is 1. The summed E-state index contributed by atoms with van der Waals surface area (Å²) in [4.78, 5) is 36.3. The zero-order valence-corrected chi connectivity index (χ0v) is 25.2. The van der Waals surface area contributed by atoms with E-state index >= 15 is 0 Å². The number of aliphatic carboxylic acids is 1. The Morgan fingerprint density at radius 2 is 1.89 bits per heavy atom. The van der Waals surface area contributed by atoms with Gasteiger partial charge in [-0.1, -0.05) is 11.6 Å². The highest BCUT2D eigenvalue weighted by Crippen LogP contribution is 2.44. The molecule has 244 valence electrons. The summed E-state index contributed by atoms with van der Waals surface area (Å²) in [6, 6.07) is 6.45. The number of ether oxygens (including phenoxy) is 2. The van der Waals surface area contributed by atoms with Crippen LogP contribution >= 0.6 is 0 Å². The van der Waals surface area contributed by atoms with Crippen molar-refractivity contribution in [2.45, 2.75) is 69.8 Å². The van der Waals surface area contributed by atoms with Gasteiger partial charge in [0.15, 0.2) is 0 Å². The molecule has 0 bridgehead atoms. The first-order chi connectivity index (χ1) is 21.6. The molecule has 2 aliphatic heterocycles. The fourth-order valence-electron chi connectivity index (χ4n) is 6.54. The molecule has 3 atom stereocenters. The van der Waals surface area contributed by atoms with Gasteiger partial charge in [-0.05, 0) is 73.6 Å². The lowest BCUT2D eigenvalue weighted by atomic mass is 9.93. The lowest BCUT2D eigenvalue weighted by Crippen LogP contribution is -2.57. The van der Waals surface area contributed by atoms with Crippen molar-refractivity contribution in [3.63, 3.8) is 0 Å². The fourth-order valence-corrected chi connectivity index (χ4v) is 6.54. The maximum absolute atomic E-state index is 13.7. The van der Waals surface area contributed by atoms with E-state index in [0.717, 1.165) is 23.3 Å². The molecule has 3 aliphatic rings. The molecule has 2 aromatic carbocycles. The molecule has 1 aliphatic carbocycles. The van der Waals surface area contributed by atoms with Crippen molar-refractivity contribution in [2.24, 2.45) is 0 Å². The van der Waals surface area contributed by atoms with Crippen LogP contribution in [0.3, 0.4) is 0 Å². The number of rotatable bonds is 8. The number of aryl methyl sites for hydroxylation is 2. The summed E-state index contributed by atoms with van der Waals surface area (Å²) < 4.78 is 79.5. The Morgan fingerprint density at radius 1 is 1.15 bits per heavy atom.